The van der Waals surface area contributed by atoms with Crippen LogP contribution in [-0.4, -0.2) is 88.7 Å². The molecule has 2 unspecified atom stereocenters. The summed E-state index contributed by atoms with van der Waals surface area (Å²) in [6.07, 6.45) is 2.80. The minimum atomic E-state index is 0.323. The quantitative estimate of drug-likeness (QED) is 0.773. The Morgan fingerprint density at radius 3 is 1.61 bits per heavy atom. The number of likely N-dealkylation sites (tertiary alicyclic amines) is 1. The van der Waals surface area contributed by atoms with Gasteiger partial charge in [-0.3, -0.25) is 19.6 Å². The van der Waals surface area contributed by atoms with E-state index in [0.717, 1.165) is 12.1 Å². The normalized spacial score (nSPS) is 32.6. The van der Waals surface area contributed by atoms with Crippen LogP contribution in [0.1, 0.15) is 54.4 Å². The molecule has 2 bridgehead atoms. The van der Waals surface area contributed by atoms with Crippen LogP contribution in [0.15, 0.2) is 0 Å². The fraction of sp³-hybridized carbons (Fsp3) is 1.00. The van der Waals surface area contributed by atoms with Crippen LogP contribution in [0.25, 0.3) is 0 Å². The second-order valence-corrected chi connectivity index (χ2v) is 9.89. The molecule has 0 radical (unpaired) electrons. The third-order valence-electron chi connectivity index (χ3n) is 6.27. The van der Waals surface area contributed by atoms with Crippen LogP contribution >= 0.6 is 0 Å². The number of rotatable bonds is 2. The van der Waals surface area contributed by atoms with Crippen molar-refractivity contribution in [3.8, 4) is 0 Å². The highest BCUT2D eigenvalue weighted by Gasteiger charge is 2.43. The number of hydrogen-bond acceptors (Lipinski definition) is 4. The standard InChI is InChI=1S/C19H38N4/c1-18(2,3)21-11-9-20(10-12-21)15-23-16-7-8-17(23)14-22(13-16)19(4,5)6/h16-17H,7-15H2,1-6H3. The summed E-state index contributed by atoms with van der Waals surface area (Å²) in [5.74, 6) is 0. The van der Waals surface area contributed by atoms with E-state index >= 15 is 0 Å². The van der Waals surface area contributed by atoms with Crippen molar-refractivity contribution in [1.82, 2.24) is 19.6 Å². The van der Waals surface area contributed by atoms with Crippen molar-refractivity contribution in [3.05, 3.63) is 0 Å². The molecular formula is C19H38N4. The van der Waals surface area contributed by atoms with Crippen molar-refractivity contribution < 1.29 is 0 Å². The lowest BCUT2D eigenvalue weighted by molar-refractivity contribution is -0.0288. The molecule has 3 rings (SSSR count). The van der Waals surface area contributed by atoms with Gasteiger partial charge >= 0.3 is 0 Å². The molecule has 3 fully saturated rings. The van der Waals surface area contributed by atoms with Gasteiger partial charge in [-0.15, -0.1) is 0 Å². The molecule has 0 amide bonds. The van der Waals surface area contributed by atoms with Crippen LogP contribution in [0.5, 0.6) is 0 Å². The topological polar surface area (TPSA) is 13.0 Å². The van der Waals surface area contributed by atoms with E-state index in [1.807, 2.05) is 0 Å². The number of fused-ring (bicyclic) bond motifs is 2. The number of hydrogen-bond donors (Lipinski definition) is 0. The summed E-state index contributed by atoms with van der Waals surface area (Å²) in [5.41, 5.74) is 0.648. The van der Waals surface area contributed by atoms with Crippen LogP contribution < -0.4 is 0 Å². The molecule has 4 nitrogen and oxygen atoms in total. The van der Waals surface area contributed by atoms with Crippen LogP contribution in [0.3, 0.4) is 0 Å². The molecule has 3 heterocycles. The van der Waals surface area contributed by atoms with Crippen molar-refractivity contribution in [3.63, 3.8) is 0 Å². The predicted molar refractivity (Wildman–Crippen MR) is 97.7 cm³/mol. The molecule has 3 aliphatic rings. The molecule has 0 aliphatic carbocycles. The van der Waals surface area contributed by atoms with E-state index in [-0.39, 0.29) is 0 Å². The average Bonchev–Trinajstić information content (AvgIpc) is 2.68. The minimum absolute atomic E-state index is 0.323. The second kappa shape index (κ2) is 6.29. The molecule has 2 atom stereocenters. The van der Waals surface area contributed by atoms with E-state index in [0.29, 0.717) is 11.1 Å². The highest BCUT2D eigenvalue weighted by molar-refractivity contribution is 4.99. The Bertz CT molecular complexity index is 387. The predicted octanol–water partition coefficient (Wildman–Crippen LogP) is 2.31. The molecule has 0 aromatic rings. The lowest BCUT2D eigenvalue weighted by Crippen LogP contribution is -2.62. The molecule has 0 aromatic carbocycles. The SMILES string of the molecule is CC(C)(C)N1CCN(CN2C3CCC2CN(C(C)(C)C)C3)CC1. The molecule has 23 heavy (non-hydrogen) atoms. The summed E-state index contributed by atoms with van der Waals surface area (Å²) in [6, 6.07) is 1.57. The molecule has 134 valence electrons. The van der Waals surface area contributed by atoms with E-state index in [1.165, 1.54) is 58.8 Å². The third kappa shape index (κ3) is 3.92. The van der Waals surface area contributed by atoms with Crippen molar-refractivity contribution in [2.75, 3.05) is 45.9 Å². The summed E-state index contributed by atoms with van der Waals surface area (Å²) >= 11 is 0. The smallest absolute Gasteiger partial charge is 0.0513 e. The summed E-state index contributed by atoms with van der Waals surface area (Å²) in [7, 11) is 0. The van der Waals surface area contributed by atoms with E-state index in [9.17, 15) is 0 Å². The van der Waals surface area contributed by atoms with Gasteiger partial charge in [-0.2, -0.15) is 0 Å². The fourth-order valence-electron chi connectivity index (χ4n) is 4.56. The van der Waals surface area contributed by atoms with E-state index in [1.54, 1.807) is 0 Å². The van der Waals surface area contributed by atoms with Gasteiger partial charge in [0.05, 0.1) is 6.67 Å². The Balaban J connectivity index is 1.53. The first-order valence-electron chi connectivity index (χ1n) is 9.63. The lowest BCUT2D eigenvalue weighted by Gasteiger charge is -2.49. The van der Waals surface area contributed by atoms with E-state index < -0.39 is 0 Å². The van der Waals surface area contributed by atoms with Crippen LogP contribution in [0.4, 0.5) is 0 Å². The maximum atomic E-state index is 2.83. The average molecular weight is 323 g/mol. The Morgan fingerprint density at radius 1 is 0.696 bits per heavy atom. The Morgan fingerprint density at radius 2 is 1.17 bits per heavy atom. The first-order chi connectivity index (χ1) is 10.6. The molecule has 0 N–H and O–H groups in total. The summed E-state index contributed by atoms with van der Waals surface area (Å²) in [4.78, 5) is 10.9. The van der Waals surface area contributed by atoms with Crippen molar-refractivity contribution >= 4 is 0 Å². The molecular weight excluding hydrogens is 284 g/mol. The summed E-state index contributed by atoms with van der Waals surface area (Å²) < 4.78 is 0. The van der Waals surface area contributed by atoms with Gasteiger partial charge in [0, 0.05) is 62.4 Å². The van der Waals surface area contributed by atoms with Gasteiger partial charge in [0.2, 0.25) is 0 Å². The maximum absolute atomic E-state index is 2.83. The Labute approximate surface area is 143 Å². The zero-order chi connectivity index (χ0) is 16.8. The van der Waals surface area contributed by atoms with E-state index in [4.69, 9.17) is 0 Å². The van der Waals surface area contributed by atoms with Gasteiger partial charge in [-0.1, -0.05) is 0 Å². The van der Waals surface area contributed by atoms with Crippen molar-refractivity contribution in [2.45, 2.75) is 77.5 Å². The van der Waals surface area contributed by atoms with Gasteiger partial charge in [0.25, 0.3) is 0 Å². The monoisotopic (exact) mass is 322 g/mol. The highest BCUT2D eigenvalue weighted by Crippen LogP contribution is 2.33. The van der Waals surface area contributed by atoms with Crippen LogP contribution in [-0.2, 0) is 0 Å². The zero-order valence-corrected chi connectivity index (χ0v) is 16.3. The fourth-order valence-corrected chi connectivity index (χ4v) is 4.56. The third-order valence-corrected chi connectivity index (χ3v) is 6.27. The molecule has 0 saturated carbocycles. The molecule has 0 aromatic heterocycles. The van der Waals surface area contributed by atoms with Crippen LogP contribution in [0, 0.1) is 0 Å². The van der Waals surface area contributed by atoms with Gasteiger partial charge < -0.3 is 0 Å². The first-order valence-corrected chi connectivity index (χ1v) is 9.63. The van der Waals surface area contributed by atoms with Crippen LogP contribution in [0.2, 0.25) is 0 Å². The zero-order valence-electron chi connectivity index (χ0n) is 16.3. The Kier molecular flexibility index (Phi) is 4.83. The molecule has 4 heteroatoms. The first kappa shape index (κ1) is 17.7. The van der Waals surface area contributed by atoms with Gasteiger partial charge in [0.15, 0.2) is 0 Å². The van der Waals surface area contributed by atoms with Crippen molar-refractivity contribution in [1.29, 1.82) is 0 Å². The summed E-state index contributed by atoms with van der Waals surface area (Å²) in [5, 5.41) is 0. The second-order valence-electron chi connectivity index (χ2n) is 9.89. The highest BCUT2D eigenvalue weighted by atomic mass is 15.4. The largest absolute Gasteiger partial charge is 0.296 e. The molecule has 0 spiro atoms. The van der Waals surface area contributed by atoms with Gasteiger partial charge in [-0.25, -0.2) is 0 Å². The number of nitrogens with zero attached hydrogens (tertiary/aromatic N) is 4. The molecule has 3 aliphatic heterocycles. The summed E-state index contributed by atoms with van der Waals surface area (Å²) in [6.45, 7) is 22.8. The lowest BCUT2D eigenvalue weighted by atomic mass is 10.0. The molecule has 3 saturated heterocycles. The number of piperazine rings is 2. The van der Waals surface area contributed by atoms with Gasteiger partial charge in [0.1, 0.15) is 0 Å². The minimum Gasteiger partial charge on any atom is -0.296 e. The maximum Gasteiger partial charge on any atom is 0.0513 e. The van der Waals surface area contributed by atoms with Crippen molar-refractivity contribution in [2.24, 2.45) is 0 Å². The van der Waals surface area contributed by atoms with E-state index in [2.05, 4.69) is 61.1 Å². The van der Waals surface area contributed by atoms with Gasteiger partial charge in [-0.05, 0) is 54.4 Å². The Hall–Kier alpha value is -0.160.